The number of amides is 1. The first-order chi connectivity index (χ1) is 10.8. The molecule has 0 spiro atoms. The molecule has 0 saturated carbocycles. The molecule has 0 unspecified atom stereocenters. The van der Waals surface area contributed by atoms with Crippen LogP contribution in [0.5, 0.6) is 0 Å². The minimum absolute atomic E-state index is 0.00816. The zero-order valence-electron chi connectivity index (χ0n) is 14.5. The van der Waals surface area contributed by atoms with Crippen molar-refractivity contribution in [2.75, 3.05) is 54.4 Å². The molecule has 0 aliphatic rings. The molecule has 4 nitrogen and oxygen atoms in total. The summed E-state index contributed by atoms with van der Waals surface area (Å²) in [4.78, 5) is 19.0. The van der Waals surface area contributed by atoms with Crippen molar-refractivity contribution in [3.8, 4) is 0 Å². The van der Waals surface area contributed by atoms with Crippen molar-refractivity contribution in [1.29, 1.82) is 0 Å². The predicted molar refractivity (Wildman–Crippen MR) is 101 cm³/mol. The van der Waals surface area contributed by atoms with Gasteiger partial charge < -0.3 is 14.7 Å². The maximum atomic E-state index is 12.9. The highest BCUT2D eigenvalue weighted by atomic mass is 79.9. The lowest BCUT2D eigenvalue weighted by Gasteiger charge is -2.25. The molecule has 0 radical (unpaired) electrons. The van der Waals surface area contributed by atoms with E-state index in [1.165, 1.54) is 0 Å². The number of hydrogen-bond acceptors (Lipinski definition) is 3. The summed E-state index contributed by atoms with van der Waals surface area (Å²) in [6.45, 7) is 3.41. The lowest BCUT2D eigenvalue weighted by molar-refractivity contribution is 0.0745. The molecule has 0 bridgehead atoms. The summed E-state index contributed by atoms with van der Waals surface area (Å²) >= 11 is 9.63. The third-order valence-corrected chi connectivity index (χ3v) is 4.34. The van der Waals surface area contributed by atoms with Gasteiger partial charge in [0.25, 0.3) is 5.91 Å². The molecule has 0 heterocycles. The molecule has 0 atom stereocenters. The third kappa shape index (κ3) is 7.66. The average molecular weight is 405 g/mol. The van der Waals surface area contributed by atoms with Gasteiger partial charge in [-0.05, 0) is 72.3 Å². The fourth-order valence-corrected chi connectivity index (χ4v) is 2.86. The molecule has 130 valence electrons. The Morgan fingerprint density at radius 2 is 1.52 bits per heavy atom. The Labute approximate surface area is 153 Å². The van der Waals surface area contributed by atoms with E-state index in [4.69, 9.17) is 11.6 Å². The first kappa shape index (κ1) is 20.4. The van der Waals surface area contributed by atoms with Crippen molar-refractivity contribution in [3.63, 3.8) is 0 Å². The average Bonchev–Trinajstić information content (AvgIpc) is 2.47. The van der Waals surface area contributed by atoms with E-state index in [1.54, 1.807) is 12.1 Å². The second-order valence-electron chi connectivity index (χ2n) is 6.23. The molecule has 1 amide bonds. The minimum atomic E-state index is 0.00816. The van der Waals surface area contributed by atoms with Crippen LogP contribution in [0.1, 0.15) is 23.2 Å². The molecule has 1 aromatic rings. The van der Waals surface area contributed by atoms with Gasteiger partial charge >= 0.3 is 0 Å². The van der Waals surface area contributed by atoms with Crippen molar-refractivity contribution in [1.82, 2.24) is 14.7 Å². The molecular weight excluding hydrogens is 378 g/mol. The lowest BCUT2D eigenvalue weighted by Crippen LogP contribution is -2.35. The van der Waals surface area contributed by atoms with Gasteiger partial charge in [0.05, 0.1) is 10.6 Å². The summed E-state index contributed by atoms with van der Waals surface area (Å²) in [6, 6.07) is 5.41. The molecule has 6 heteroatoms. The maximum Gasteiger partial charge on any atom is 0.255 e. The van der Waals surface area contributed by atoms with Gasteiger partial charge in [-0.3, -0.25) is 4.79 Å². The van der Waals surface area contributed by atoms with E-state index >= 15 is 0 Å². The summed E-state index contributed by atoms with van der Waals surface area (Å²) in [7, 11) is 8.18. The predicted octanol–water partition coefficient (Wildman–Crippen LogP) is 3.45. The van der Waals surface area contributed by atoms with E-state index in [0.29, 0.717) is 10.6 Å². The highest BCUT2D eigenvalue weighted by Gasteiger charge is 2.18. The number of benzene rings is 1. The largest absolute Gasteiger partial charge is 0.339 e. The molecule has 0 fully saturated rings. The van der Waals surface area contributed by atoms with E-state index < -0.39 is 0 Å². The van der Waals surface area contributed by atoms with Crippen molar-refractivity contribution < 1.29 is 4.79 Å². The Morgan fingerprint density at radius 1 is 1.00 bits per heavy atom. The Bertz CT molecular complexity index is 495. The molecule has 0 saturated heterocycles. The van der Waals surface area contributed by atoms with Crippen LogP contribution >= 0.6 is 27.5 Å². The Hall–Kier alpha value is -0.620. The van der Waals surface area contributed by atoms with E-state index in [0.717, 1.165) is 43.5 Å². The molecule has 0 aliphatic heterocycles. The molecule has 23 heavy (non-hydrogen) atoms. The first-order valence-corrected chi connectivity index (χ1v) is 9.02. The van der Waals surface area contributed by atoms with Crippen LogP contribution < -0.4 is 0 Å². The molecule has 0 aromatic heterocycles. The maximum absolute atomic E-state index is 12.9. The van der Waals surface area contributed by atoms with Crippen LogP contribution in [-0.2, 0) is 0 Å². The van der Waals surface area contributed by atoms with Crippen LogP contribution in [0.15, 0.2) is 22.7 Å². The van der Waals surface area contributed by atoms with Crippen LogP contribution in [0.4, 0.5) is 0 Å². The first-order valence-electron chi connectivity index (χ1n) is 7.85. The molecule has 1 rings (SSSR count). The lowest BCUT2D eigenvalue weighted by atomic mass is 10.2. The summed E-state index contributed by atoms with van der Waals surface area (Å²) in [5.41, 5.74) is 0.566. The Kier molecular flexibility index (Phi) is 9.14. The van der Waals surface area contributed by atoms with Crippen molar-refractivity contribution in [2.24, 2.45) is 0 Å². The van der Waals surface area contributed by atoms with Crippen molar-refractivity contribution in [3.05, 3.63) is 33.3 Å². The van der Waals surface area contributed by atoms with E-state index in [-0.39, 0.29) is 5.91 Å². The van der Waals surface area contributed by atoms with Gasteiger partial charge in [-0.1, -0.05) is 27.5 Å². The fourth-order valence-electron chi connectivity index (χ4n) is 2.30. The molecule has 0 N–H and O–H groups in total. The Morgan fingerprint density at radius 3 is 2.00 bits per heavy atom. The Balaban J connectivity index is 2.79. The van der Waals surface area contributed by atoms with Gasteiger partial charge in [-0.25, -0.2) is 0 Å². The molecular formula is C17H27BrClN3O. The van der Waals surface area contributed by atoms with Crippen molar-refractivity contribution >= 4 is 33.4 Å². The van der Waals surface area contributed by atoms with Gasteiger partial charge in [-0.2, -0.15) is 0 Å². The second-order valence-corrected chi connectivity index (χ2v) is 7.55. The number of hydrogen-bond donors (Lipinski definition) is 0. The smallest absolute Gasteiger partial charge is 0.255 e. The van der Waals surface area contributed by atoms with E-state index in [9.17, 15) is 4.79 Å². The molecule has 0 aliphatic carbocycles. The highest BCUT2D eigenvalue weighted by Crippen LogP contribution is 2.22. The number of carbonyl (C=O) groups excluding carboxylic acids is 1. The minimum Gasteiger partial charge on any atom is -0.339 e. The highest BCUT2D eigenvalue weighted by molar-refractivity contribution is 9.10. The van der Waals surface area contributed by atoms with Gasteiger partial charge in [0.2, 0.25) is 0 Å². The summed E-state index contributed by atoms with van der Waals surface area (Å²) in [5.74, 6) is 0.00816. The zero-order chi connectivity index (χ0) is 17.4. The van der Waals surface area contributed by atoms with Crippen LogP contribution in [0.3, 0.4) is 0 Å². The SMILES string of the molecule is CN(C)CCCN(CCCN(C)C)C(=O)c1cc(Br)ccc1Cl. The number of halogens is 2. The zero-order valence-corrected chi connectivity index (χ0v) is 16.8. The van der Waals surface area contributed by atoms with Crippen LogP contribution in [0, 0.1) is 0 Å². The monoisotopic (exact) mass is 403 g/mol. The van der Waals surface area contributed by atoms with Crippen LogP contribution in [0.2, 0.25) is 5.02 Å². The second kappa shape index (κ2) is 10.3. The fraction of sp³-hybridized carbons (Fsp3) is 0.588. The normalized spacial score (nSPS) is 11.3. The quantitative estimate of drug-likeness (QED) is 0.631. The number of rotatable bonds is 9. The summed E-state index contributed by atoms with van der Waals surface area (Å²) < 4.78 is 0.867. The standard InChI is InChI=1S/C17H27BrClN3O/c1-20(2)9-5-11-22(12-6-10-21(3)4)17(23)15-13-14(18)7-8-16(15)19/h7-8,13H,5-6,9-12H2,1-4H3. The van der Waals surface area contributed by atoms with Gasteiger partial charge in [-0.15, -0.1) is 0 Å². The van der Waals surface area contributed by atoms with Crippen LogP contribution in [0.25, 0.3) is 0 Å². The number of carbonyl (C=O) groups is 1. The van der Waals surface area contributed by atoms with E-state index in [1.807, 2.05) is 39.2 Å². The summed E-state index contributed by atoms with van der Waals surface area (Å²) in [5, 5.41) is 0.503. The van der Waals surface area contributed by atoms with Gasteiger partial charge in [0, 0.05) is 17.6 Å². The van der Waals surface area contributed by atoms with Gasteiger partial charge in [0.15, 0.2) is 0 Å². The third-order valence-electron chi connectivity index (χ3n) is 3.51. The van der Waals surface area contributed by atoms with Crippen molar-refractivity contribution in [2.45, 2.75) is 12.8 Å². The van der Waals surface area contributed by atoms with Crippen LogP contribution in [-0.4, -0.2) is 75.0 Å². The van der Waals surface area contributed by atoms with Gasteiger partial charge in [0.1, 0.15) is 0 Å². The topological polar surface area (TPSA) is 26.8 Å². The number of nitrogens with zero attached hydrogens (tertiary/aromatic N) is 3. The summed E-state index contributed by atoms with van der Waals surface area (Å²) in [6.07, 6.45) is 1.90. The molecule has 1 aromatic carbocycles. The van der Waals surface area contributed by atoms with E-state index in [2.05, 4.69) is 25.7 Å².